The van der Waals surface area contributed by atoms with Crippen molar-refractivity contribution >= 4 is 0 Å². The van der Waals surface area contributed by atoms with E-state index in [2.05, 4.69) is 84.7 Å². The van der Waals surface area contributed by atoms with Gasteiger partial charge in [0, 0.05) is 31.2 Å². The molecule has 1 fully saturated rings. The van der Waals surface area contributed by atoms with Gasteiger partial charge in [0.15, 0.2) is 0 Å². The van der Waals surface area contributed by atoms with Crippen LogP contribution in [0.2, 0.25) is 0 Å². The van der Waals surface area contributed by atoms with Gasteiger partial charge in [-0.2, -0.15) is 0 Å². The maximum atomic E-state index is 3.65. The lowest BCUT2D eigenvalue weighted by molar-refractivity contribution is 0.0928. The third kappa shape index (κ3) is 3.57. The van der Waals surface area contributed by atoms with E-state index in [1.807, 2.05) is 0 Å². The molecule has 0 saturated carbocycles. The van der Waals surface area contributed by atoms with E-state index < -0.39 is 0 Å². The molecule has 1 aliphatic rings. The Morgan fingerprint density at radius 1 is 1.05 bits per heavy atom. The molecule has 2 heteroatoms. The summed E-state index contributed by atoms with van der Waals surface area (Å²) < 4.78 is 0. The Bertz CT molecular complexity index is 567. The van der Waals surface area contributed by atoms with Gasteiger partial charge in [0.1, 0.15) is 0 Å². The van der Waals surface area contributed by atoms with E-state index in [9.17, 15) is 0 Å². The molecule has 0 aliphatic carbocycles. The highest BCUT2D eigenvalue weighted by molar-refractivity contribution is 5.20. The zero-order chi connectivity index (χ0) is 15.4. The van der Waals surface area contributed by atoms with Crippen molar-refractivity contribution in [1.82, 2.24) is 10.2 Å². The zero-order valence-electron chi connectivity index (χ0n) is 13.6. The molecule has 3 rings (SSSR count). The molecule has 0 amide bonds. The predicted octanol–water partition coefficient (Wildman–Crippen LogP) is 3.65. The number of hydrogen-bond acceptors (Lipinski definition) is 2. The lowest BCUT2D eigenvalue weighted by Gasteiger charge is -2.43. The molecule has 2 nitrogen and oxygen atoms in total. The van der Waals surface area contributed by atoms with Crippen molar-refractivity contribution in [3.8, 4) is 0 Å². The minimum absolute atomic E-state index is 0.458. The molecule has 1 aliphatic heterocycles. The van der Waals surface area contributed by atoms with Gasteiger partial charge in [0.05, 0.1) is 0 Å². The number of rotatable bonds is 4. The summed E-state index contributed by atoms with van der Waals surface area (Å²) in [4.78, 5) is 2.67. The standard InChI is InChI=1S/C20H26N2/c1-16-15-22(17(2)19-11-7-4-8-12-19)20(14-21-16)13-18-9-5-3-6-10-18/h3-12,16-17,20-21H,13-15H2,1-2H3. The molecule has 116 valence electrons. The Hall–Kier alpha value is -1.64. The quantitative estimate of drug-likeness (QED) is 0.926. The molecule has 2 aromatic rings. The minimum atomic E-state index is 0.458. The molecule has 1 heterocycles. The minimum Gasteiger partial charge on any atom is -0.311 e. The van der Waals surface area contributed by atoms with Crippen molar-refractivity contribution in [3.05, 3.63) is 71.8 Å². The van der Waals surface area contributed by atoms with Gasteiger partial charge in [-0.15, -0.1) is 0 Å². The first-order valence-corrected chi connectivity index (χ1v) is 8.32. The Labute approximate surface area is 134 Å². The van der Waals surface area contributed by atoms with Gasteiger partial charge in [-0.25, -0.2) is 0 Å². The monoisotopic (exact) mass is 294 g/mol. The van der Waals surface area contributed by atoms with Crippen LogP contribution in [0.3, 0.4) is 0 Å². The molecule has 0 bridgehead atoms. The zero-order valence-corrected chi connectivity index (χ0v) is 13.6. The van der Waals surface area contributed by atoms with Crippen LogP contribution in [-0.2, 0) is 6.42 Å². The SMILES string of the molecule is CC1CN(C(C)c2ccccc2)C(Cc2ccccc2)CN1. The number of nitrogens with one attached hydrogen (secondary N) is 1. The van der Waals surface area contributed by atoms with Crippen molar-refractivity contribution in [1.29, 1.82) is 0 Å². The molecule has 0 spiro atoms. The van der Waals surface area contributed by atoms with Crippen LogP contribution in [-0.4, -0.2) is 30.1 Å². The Balaban J connectivity index is 1.78. The molecule has 0 aromatic heterocycles. The highest BCUT2D eigenvalue weighted by atomic mass is 15.2. The highest BCUT2D eigenvalue weighted by Crippen LogP contribution is 2.26. The third-order valence-corrected chi connectivity index (χ3v) is 4.75. The van der Waals surface area contributed by atoms with Crippen LogP contribution in [0.15, 0.2) is 60.7 Å². The number of piperazine rings is 1. The summed E-state index contributed by atoms with van der Waals surface area (Å²) in [5.74, 6) is 0. The highest BCUT2D eigenvalue weighted by Gasteiger charge is 2.29. The van der Waals surface area contributed by atoms with Crippen molar-refractivity contribution in [2.24, 2.45) is 0 Å². The van der Waals surface area contributed by atoms with E-state index in [1.54, 1.807) is 0 Å². The van der Waals surface area contributed by atoms with Gasteiger partial charge in [-0.05, 0) is 31.4 Å². The molecule has 3 atom stereocenters. The normalized spacial score (nSPS) is 24.1. The fraction of sp³-hybridized carbons (Fsp3) is 0.400. The molecule has 1 N–H and O–H groups in total. The van der Waals surface area contributed by atoms with Crippen molar-refractivity contribution in [2.75, 3.05) is 13.1 Å². The van der Waals surface area contributed by atoms with Gasteiger partial charge in [0.25, 0.3) is 0 Å². The maximum absolute atomic E-state index is 3.65. The van der Waals surface area contributed by atoms with Crippen LogP contribution >= 0.6 is 0 Å². The molecule has 1 saturated heterocycles. The van der Waals surface area contributed by atoms with Crippen LogP contribution in [0.25, 0.3) is 0 Å². The van der Waals surface area contributed by atoms with Gasteiger partial charge >= 0.3 is 0 Å². The molecule has 3 unspecified atom stereocenters. The second kappa shape index (κ2) is 7.08. The summed E-state index contributed by atoms with van der Waals surface area (Å²) in [5.41, 5.74) is 2.84. The first-order chi connectivity index (χ1) is 10.7. The number of hydrogen-bond donors (Lipinski definition) is 1. The second-order valence-electron chi connectivity index (χ2n) is 6.44. The smallest absolute Gasteiger partial charge is 0.0324 e. The average molecular weight is 294 g/mol. The lowest BCUT2D eigenvalue weighted by Crippen LogP contribution is -2.56. The van der Waals surface area contributed by atoms with E-state index in [0.29, 0.717) is 18.1 Å². The van der Waals surface area contributed by atoms with Gasteiger partial charge < -0.3 is 5.32 Å². The van der Waals surface area contributed by atoms with Crippen LogP contribution < -0.4 is 5.32 Å². The van der Waals surface area contributed by atoms with E-state index in [-0.39, 0.29) is 0 Å². The van der Waals surface area contributed by atoms with E-state index in [4.69, 9.17) is 0 Å². The average Bonchev–Trinajstić information content (AvgIpc) is 2.57. The first-order valence-electron chi connectivity index (χ1n) is 8.32. The van der Waals surface area contributed by atoms with Crippen molar-refractivity contribution < 1.29 is 0 Å². The number of nitrogens with zero attached hydrogens (tertiary/aromatic N) is 1. The summed E-state index contributed by atoms with van der Waals surface area (Å²) >= 11 is 0. The molecule has 0 radical (unpaired) electrons. The van der Waals surface area contributed by atoms with Crippen LogP contribution in [0.4, 0.5) is 0 Å². The summed E-state index contributed by atoms with van der Waals surface area (Å²) in [6, 6.07) is 23.3. The van der Waals surface area contributed by atoms with Crippen molar-refractivity contribution in [2.45, 2.75) is 38.4 Å². The fourth-order valence-corrected chi connectivity index (χ4v) is 3.46. The molecule has 22 heavy (non-hydrogen) atoms. The third-order valence-electron chi connectivity index (χ3n) is 4.75. The molecular weight excluding hydrogens is 268 g/mol. The molecular formula is C20H26N2. The van der Waals surface area contributed by atoms with Gasteiger partial charge in [-0.1, -0.05) is 60.7 Å². The Morgan fingerprint density at radius 2 is 1.68 bits per heavy atom. The summed E-state index contributed by atoms with van der Waals surface area (Å²) in [6.45, 7) is 6.79. The van der Waals surface area contributed by atoms with E-state index in [1.165, 1.54) is 11.1 Å². The number of benzene rings is 2. The van der Waals surface area contributed by atoms with Crippen LogP contribution in [0, 0.1) is 0 Å². The summed E-state index contributed by atoms with van der Waals surface area (Å²) in [5, 5.41) is 3.65. The lowest BCUT2D eigenvalue weighted by atomic mass is 9.97. The summed E-state index contributed by atoms with van der Waals surface area (Å²) in [7, 11) is 0. The summed E-state index contributed by atoms with van der Waals surface area (Å²) in [6.07, 6.45) is 1.11. The van der Waals surface area contributed by atoms with Crippen LogP contribution in [0.1, 0.15) is 31.0 Å². The molecule has 2 aromatic carbocycles. The van der Waals surface area contributed by atoms with Crippen LogP contribution in [0.5, 0.6) is 0 Å². The van der Waals surface area contributed by atoms with Gasteiger partial charge in [-0.3, -0.25) is 4.90 Å². The fourth-order valence-electron chi connectivity index (χ4n) is 3.46. The predicted molar refractivity (Wildman–Crippen MR) is 93.0 cm³/mol. The Morgan fingerprint density at radius 3 is 2.36 bits per heavy atom. The van der Waals surface area contributed by atoms with E-state index in [0.717, 1.165) is 19.5 Å². The van der Waals surface area contributed by atoms with Gasteiger partial charge in [0.2, 0.25) is 0 Å². The Kier molecular flexibility index (Phi) is 4.91. The topological polar surface area (TPSA) is 15.3 Å². The maximum Gasteiger partial charge on any atom is 0.0324 e. The first kappa shape index (κ1) is 15.3. The second-order valence-corrected chi connectivity index (χ2v) is 6.44. The van der Waals surface area contributed by atoms with E-state index >= 15 is 0 Å². The largest absolute Gasteiger partial charge is 0.311 e. The van der Waals surface area contributed by atoms with Crippen molar-refractivity contribution in [3.63, 3.8) is 0 Å².